The van der Waals surface area contributed by atoms with E-state index in [2.05, 4.69) is 32.7 Å². The minimum Gasteiger partial charge on any atom is -0.378 e. The maximum absolute atomic E-state index is 11.8. The van der Waals surface area contributed by atoms with Gasteiger partial charge in [0.15, 0.2) is 0 Å². The van der Waals surface area contributed by atoms with E-state index in [1.54, 1.807) is 12.4 Å². The summed E-state index contributed by atoms with van der Waals surface area (Å²) in [6.45, 7) is 4.40. The zero-order valence-corrected chi connectivity index (χ0v) is 13.6. The van der Waals surface area contributed by atoms with Gasteiger partial charge in [0.25, 0.3) is 0 Å². The lowest BCUT2D eigenvalue weighted by molar-refractivity contribution is 0.122. The third kappa shape index (κ3) is 4.70. The smallest absolute Gasteiger partial charge is 0.315 e. The summed E-state index contributed by atoms with van der Waals surface area (Å²) < 4.78 is 5.37. The molecule has 0 unspecified atom stereocenters. The average molecular weight is 326 g/mol. The van der Waals surface area contributed by atoms with E-state index in [0.29, 0.717) is 13.1 Å². The number of benzene rings is 1. The first-order chi connectivity index (χ1) is 11.8. The van der Waals surface area contributed by atoms with Crippen LogP contribution in [0.5, 0.6) is 0 Å². The molecule has 1 aliphatic rings. The molecule has 24 heavy (non-hydrogen) atoms. The lowest BCUT2D eigenvalue weighted by Crippen LogP contribution is -2.36. The second-order valence-electron chi connectivity index (χ2n) is 5.66. The van der Waals surface area contributed by atoms with E-state index in [1.807, 2.05) is 24.3 Å². The Balaban J connectivity index is 1.43. The number of carbonyl (C=O) groups excluding carboxylic acids is 1. The first kappa shape index (κ1) is 16.3. The Hall–Kier alpha value is -2.60. The number of carbonyl (C=O) groups is 1. The summed E-state index contributed by atoms with van der Waals surface area (Å²) in [7, 11) is 0. The molecular formula is C18H22N4O2. The number of amides is 2. The molecule has 3 rings (SSSR count). The van der Waals surface area contributed by atoms with Gasteiger partial charge in [-0.2, -0.15) is 0 Å². The number of hydrogen-bond donors (Lipinski definition) is 2. The highest BCUT2D eigenvalue weighted by molar-refractivity contribution is 5.73. The molecule has 1 fully saturated rings. The van der Waals surface area contributed by atoms with Gasteiger partial charge < -0.3 is 20.3 Å². The molecule has 0 saturated carbocycles. The van der Waals surface area contributed by atoms with Crippen LogP contribution in [0.1, 0.15) is 11.1 Å². The van der Waals surface area contributed by atoms with Crippen LogP contribution in [0, 0.1) is 0 Å². The third-order valence-electron chi connectivity index (χ3n) is 3.97. The lowest BCUT2D eigenvalue weighted by Gasteiger charge is -2.28. The van der Waals surface area contributed by atoms with Crippen molar-refractivity contribution in [2.75, 3.05) is 31.2 Å². The summed E-state index contributed by atoms with van der Waals surface area (Å²) in [6, 6.07) is 11.9. The Kier molecular flexibility index (Phi) is 5.63. The molecule has 1 aliphatic heterocycles. The molecule has 1 aromatic heterocycles. The number of pyridine rings is 1. The zero-order chi connectivity index (χ0) is 16.6. The lowest BCUT2D eigenvalue weighted by atomic mass is 10.2. The van der Waals surface area contributed by atoms with Crippen molar-refractivity contribution >= 4 is 11.7 Å². The predicted molar refractivity (Wildman–Crippen MR) is 92.8 cm³/mol. The van der Waals surface area contributed by atoms with E-state index >= 15 is 0 Å². The topological polar surface area (TPSA) is 66.5 Å². The van der Waals surface area contributed by atoms with Gasteiger partial charge in [0.05, 0.1) is 13.2 Å². The van der Waals surface area contributed by atoms with E-state index in [-0.39, 0.29) is 6.03 Å². The maximum atomic E-state index is 11.8. The van der Waals surface area contributed by atoms with Gasteiger partial charge in [0.1, 0.15) is 0 Å². The molecule has 126 valence electrons. The molecule has 6 heteroatoms. The average Bonchev–Trinajstić information content (AvgIpc) is 2.67. The Morgan fingerprint density at radius 2 is 1.54 bits per heavy atom. The maximum Gasteiger partial charge on any atom is 0.315 e. The minimum absolute atomic E-state index is 0.177. The SMILES string of the molecule is O=C(NCc1ccncc1)NCc1ccc(N2CCOCC2)cc1. The molecule has 2 heterocycles. The van der Waals surface area contributed by atoms with Crippen LogP contribution < -0.4 is 15.5 Å². The molecule has 6 nitrogen and oxygen atoms in total. The zero-order valence-electron chi connectivity index (χ0n) is 13.6. The van der Waals surface area contributed by atoms with E-state index in [4.69, 9.17) is 4.74 Å². The number of ether oxygens (including phenoxy) is 1. The summed E-state index contributed by atoms with van der Waals surface area (Å²) in [5.74, 6) is 0. The van der Waals surface area contributed by atoms with Crippen molar-refractivity contribution in [2.24, 2.45) is 0 Å². The highest BCUT2D eigenvalue weighted by Gasteiger charge is 2.10. The molecule has 0 radical (unpaired) electrons. The van der Waals surface area contributed by atoms with Crippen LogP contribution in [0.4, 0.5) is 10.5 Å². The summed E-state index contributed by atoms with van der Waals surface area (Å²) in [5.41, 5.74) is 3.30. The number of rotatable bonds is 5. The van der Waals surface area contributed by atoms with Crippen molar-refractivity contribution in [3.8, 4) is 0 Å². The van der Waals surface area contributed by atoms with Gasteiger partial charge in [-0.3, -0.25) is 4.98 Å². The molecular weight excluding hydrogens is 304 g/mol. The van der Waals surface area contributed by atoms with E-state index in [0.717, 1.165) is 37.4 Å². The molecule has 0 spiro atoms. The second-order valence-corrected chi connectivity index (χ2v) is 5.66. The Bertz CT molecular complexity index is 640. The van der Waals surface area contributed by atoms with Crippen LogP contribution in [0.3, 0.4) is 0 Å². The van der Waals surface area contributed by atoms with E-state index < -0.39 is 0 Å². The second kappa shape index (κ2) is 8.31. The van der Waals surface area contributed by atoms with Crippen LogP contribution in [-0.2, 0) is 17.8 Å². The van der Waals surface area contributed by atoms with Crippen molar-refractivity contribution in [3.63, 3.8) is 0 Å². The van der Waals surface area contributed by atoms with Gasteiger partial charge >= 0.3 is 6.03 Å². The molecule has 2 amide bonds. The third-order valence-corrected chi connectivity index (χ3v) is 3.97. The molecule has 0 aliphatic carbocycles. The molecule has 2 aromatic rings. The Labute approximate surface area is 141 Å². The molecule has 0 bridgehead atoms. The molecule has 1 saturated heterocycles. The van der Waals surface area contributed by atoms with Gasteiger partial charge in [-0.05, 0) is 35.4 Å². The van der Waals surface area contributed by atoms with Gasteiger partial charge in [-0.1, -0.05) is 12.1 Å². The van der Waals surface area contributed by atoms with Crippen molar-refractivity contribution < 1.29 is 9.53 Å². The monoisotopic (exact) mass is 326 g/mol. The fourth-order valence-corrected chi connectivity index (χ4v) is 2.57. The Morgan fingerprint density at radius 1 is 0.958 bits per heavy atom. The van der Waals surface area contributed by atoms with Crippen LogP contribution >= 0.6 is 0 Å². The molecule has 1 aromatic carbocycles. The molecule has 0 atom stereocenters. The van der Waals surface area contributed by atoms with Gasteiger partial charge in [0.2, 0.25) is 0 Å². The van der Waals surface area contributed by atoms with Gasteiger partial charge in [0, 0.05) is 44.3 Å². The first-order valence-electron chi connectivity index (χ1n) is 8.13. The number of nitrogens with one attached hydrogen (secondary N) is 2. The number of urea groups is 1. The van der Waals surface area contributed by atoms with Crippen molar-refractivity contribution in [1.29, 1.82) is 0 Å². The first-order valence-corrected chi connectivity index (χ1v) is 8.13. The quantitative estimate of drug-likeness (QED) is 0.881. The van der Waals surface area contributed by atoms with E-state index in [9.17, 15) is 4.79 Å². The van der Waals surface area contributed by atoms with Crippen LogP contribution in [0.25, 0.3) is 0 Å². The van der Waals surface area contributed by atoms with Crippen molar-refractivity contribution in [1.82, 2.24) is 15.6 Å². The van der Waals surface area contributed by atoms with Crippen molar-refractivity contribution in [2.45, 2.75) is 13.1 Å². The number of nitrogens with zero attached hydrogens (tertiary/aromatic N) is 2. The summed E-state index contributed by atoms with van der Waals surface area (Å²) >= 11 is 0. The van der Waals surface area contributed by atoms with Gasteiger partial charge in [-0.25, -0.2) is 4.79 Å². The normalized spacial score (nSPS) is 14.2. The highest BCUT2D eigenvalue weighted by atomic mass is 16.5. The van der Waals surface area contributed by atoms with E-state index in [1.165, 1.54) is 5.69 Å². The minimum atomic E-state index is -0.177. The Morgan fingerprint density at radius 3 is 2.17 bits per heavy atom. The summed E-state index contributed by atoms with van der Waals surface area (Å²) in [5, 5.41) is 5.70. The standard InChI is InChI=1S/C18H22N4O2/c23-18(21-14-16-5-7-19-8-6-16)20-13-15-1-3-17(4-2-15)22-9-11-24-12-10-22/h1-8H,9-14H2,(H2,20,21,23). The van der Waals surface area contributed by atoms with Crippen LogP contribution in [0.2, 0.25) is 0 Å². The summed E-state index contributed by atoms with van der Waals surface area (Å²) in [4.78, 5) is 18.1. The fraction of sp³-hybridized carbons (Fsp3) is 0.333. The van der Waals surface area contributed by atoms with Gasteiger partial charge in [-0.15, -0.1) is 0 Å². The van der Waals surface area contributed by atoms with Crippen molar-refractivity contribution in [3.05, 3.63) is 59.9 Å². The predicted octanol–water partition coefficient (Wildman–Crippen LogP) is 1.92. The summed E-state index contributed by atoms with van der Waals surface area (Å²) in [6.07, 6.45) is 3.43. The highest BCUT2D eigenvalue weighted by Crippen LogP contribution is 2.16. The van der Waals surface area contributed by atoms with Crippen LogP contribution in [-0.4, -0.2) is 37.3 Å². The number of morpholine rings is 1. The number of hydrogen-bond acceptors (Lipinski definition) is 4. The number of aromatic nitrogens is 1. The van der Waals surface area contributed by atoms with Crippen LogP contribution in [0.15, 0.2) is 48.8 Å². The largest absolute Gasteiger partial charge is 0.378 e. The fourth-order valence-electron chi connectivity index (χ4n) is 2.57. The number of anilines is 1. The molecule has 2 N–H and O–H groups in total.